The monoisotopic (exact) mass is 235 g/mol. The van der Waals surface area contributed by atoms with Crippen LogP contribution < -0.4 is 11.1 Å². The number of carbonyl (C=O) groups excluding carboxylic acids is 1. The van der Waals surface area contributed by atoms with Gasteiger partial charge in [0.15, 0.2) is 5.13 Å². The second kappa shape index (κ2) is 4.23. The van der Waals surface area contributed by atoms with Crippen LogP contribution >= 0.6 is 11.3 Å². The summed E-state index contributed by atoms with van der Waals surface area (Å²) in [6, 6.07) is 0. The largest absolute Gasteiger partial charge is 0.382 e. The molecule has 0 unspecified atom stereocenters. The van der Waals surface area contributed by atoms with E-state index < -0.39 is 0 Å². The fourth-order valence-corrected chi connectivity index (χ4v) is 1.71. The molecule has 0 aromatic carbocycles. The molecule has 0 fully saturated rings. The first-order valence-electron chi connectivity index (χ1n) is 4.46. The van der Waals surface area contributed by atoms with Gasteiger partial charge in [0.05, 0.1) is 18.1 Å². The molecular formula is C9H9N5OS. The van der Waals surface area contributed by atoms with Crippen LogP contribution in [0.15, 0.2) is 17.8 Å². The Morgan fingerprint density at radius 1 is 1.44 bits per heavy atom. The van der Waals surface area contributed by atoms with Crippen LogP contribution in [0.2, 0.25) is 0 Å². The molecule has 0 radical (unpaired) electrons. The van der Waals surface area contributed by atoms with Gasteiger partial charge in [-0.3, -0.25) is 10.1 Å². The second-order valence-electron chi connectivity index (χ2n) is 3.07. The Hall–Kier alpha value is -2.02. The molecule has 82 valence electrons. The minimum absolute atomic E-state index is 0.210. The normalized spacial score (nSPS) is 10.1. The number of nitrogens with one attached hydrogen (secondary N) is 1. The van der Waals surface area contributed by atoms with Gasteiger partial charge in [0.1, 0.15) is 11.5 Å². The topological polar surface area (TPSA) is 93.8 Å². The van der Waals surface area contributed by atoms with Gasteiger partial charge in [0.25, 0.3) is 5.91 Å². The van der Waals surface area contributed by atoms with E-state index in [1.54, 1.807) is 0 Å². The molecule has 0 atom stereocenters. The number of carbonyl (C=O) groups is 1. The van der Waals surface area contributed by atoms with E-state index >= 15 is 0 Å². The lowest BCUT2D eigenvalue weighted by molar-refractivity contribution is 0.102. The first-order valence-corrected chi connectivity index (χ1v) is 5.34. The molecule has 0 aliphatic carbocycles. The number of aromatic nitrogens is 3. The maximum atomic E-state index is 11.6. The third-order valence-electron chi connectivity index (χ3n) is 1.74. The highest BCUT2D eigenvalue weighted by molar-refractivity contribution is 7.13. The Kier molecular flexibility index (Phi) is 2.78. The van der Waals surface area contributed by atoms with Crippen molar-refractivity contribution in [2.75, 3.05) is 11.1 Å². The summed E-state index contributed by atoms with van der Waals surface area (Å²) in [5, 5.41) is 5.02. The molecule has 2 rings (SSSR count). The van der Waals surface area contributed by atoms with Gasteiger partial charge in [-0.1, -0.05) is 0 Å². The minimum atomic E-state index is -0.346. The molecule has 0 bridgehead atoms. The molecule has 6 nitrogen and oxygen atoms in total. The molecular weight excluding hydrogens is 226 g/mol. The Morgan fingerprint density at radius 3 is 2.81 bits per heavy atom. The van der Waals surface area contributed by atoms with Crippen molar-refractivity contribution in [1.29, 1.82) is 0 Å². The minimum Gasteiger partial charge on any atom is -0.382 e. The molecule has 3 N–H and O–H groups in total. The number of anilines is 2. The molecule has 0 saturated carbocycles. The van der Waals surface area contributed by atoms with Gasteiger partial charge in [-0.15, -0.1) is 11.3 Å². The first-order chi connectivity index (χ1) is 7.65. The van der Waals surface area contributed by atoms with Crippen molar-refractivity contribution in [2.24, 2.45) is 0 Å². The summed E-state index contributed by atoms with van der Waals surface area (Å²) in [6.07, 6.45) is 2.66. The number of amides is 1. The average molecular weight is 235 g/mol. The molecule has 0 aliphatic heterocycles. The van der Waals surface area contributed by atoms with Crippen LogP contribution in [-0.2, 0) is 0 Å². The summed E-state index contributed by atoms with van der Waals surface area (Å²) in [4.78, 5) is 23.4. The van der Waals surface area contributed by atoms with Crippen LogP contribution in [0.3, 0.4) is 0 Å². The van der Waals surface area contributed by atoms with Crippen LogP contribution in [0.5, 0.6) is 0 Å². The lowest BCUT2D eigenvalue weighted by atomic mass is 10.4. The fourth-order valence-electron chi connectivity index (χ4n) is 1.03. The smallest absolute Gasteiger partial charge is 0.277 e. The molecule has 0 spiro atoms. The zero-order chi connectivity index (χ0) is 11.5. The van der Waals surface area contributed by atoms with Crippen molar-refractivity contribution in [1.82, 2.24) is 15.0 Å². The molecule has 2 aromatic rings. The van der Waals surface area contributed by atoms with Crippen molar-refractivity contribution in [3.63, 3.8) is 0 Å². The number of rotatable bonds is 2. The second-order valence-corrected chi connectivity index (χ2v) is 3.93. The third-order valence-corrected chi connectivity index (χ3v) is 2.62. The van der Waals surface area contributed by atoms with Crippen molar-refractivity contribution in [3.05, 3.63) is 29.2 Å². The molecule has 0 saturated heterocycles. The SMILES string of the molecule is Cc1csc(NC(=O)c2cnc(N)cn2)n1. The molecule has 1 amide bonds. The van der Waals surface area contributed by atoms with Gasteiger partial charge < -0.3 is 5.73 Å². The predicted octanol–water partition coefficient (Wildman–Crippen LogP) is 1.08. The maximum absolute atomic E-state index is 11.6. The van der Waals surface area contributed by atoms with Crippen LogP contribution in [-0.4, -0.2) is 20.9 Å². The van der Waals surface area contributed by atoms with E-state index in [9.17, 15) is 4.79 Å². The van der Waals surface area contributed by atoms with Crippen molar-refractivity contribution in [3.8, 4) is 0 Å². The van der Waals surface area contributed by atoms with E-state index in [-0.39, 0.29) is 17.4 Å². The fraction of sp³-hybridized carbons (Fsp3) is 0.111. The van der Waals surface area contributed by atoms with Gasteiger partial charge in [-0.2, -0.15) is 0 Å². The summed E-state index contributed by atoms with van der Waals surface area (Å²) >= 11 is 1.36. The number of hydrogen-bond acceptors (Lipinski definition) is 6. The van der Waals surface area contributed by atoms with Crippen molar-refractivity contribution < 1.29 is 4.79 Å². The Bertz CT molecular complexity index is 507. The van der Waals surface area contributed by atoms with Gasteiger partial charge in [0.2, 0.25) is 0 Å². The highest BCUT2D eigenvalue weighted by atomic mass is 32.1. The summed E-state index contributed by atoms with van der Waals surface area (Å²) in [7, 11) is 0. The van der Waals surface area contributed by atoms with Gasteiger partial charge in [-0.05, 0) is 6.92 Å². The van der Waals surface area contributed by atoms with E-state index in [1.165, 1.54) is 23.7 Å². The number of nitrogens with two attached hydrogens (primary N) is 1. The zero-order valence-corrected chi connectivity index (χ0v) is 9.28. The molecule has 7 heteroatoms. The summed E-state index contributed by atoms with van der Waals surface area (Å²) in [6.45, 7) is 1.86. The van der Waals surface area contributed by atoms with Crippen LogP contribution in [0.4, 0.5) is 10.9 Å². The summed E-state index contributed by atoms with van der Waals surface area (Å²) in [5.74, 6) is -0.0662. The number of nitrogen functional groups attached to an aromatic ring is 1. The van der Waals surface area contributed by atoms with Gasteiger partial charge >= 0.3 is 0 Å². The average Bonchev–Trinajstić information content (AvgIpc) is 2.65. The van der Waals surface area contributed by atoms with Crippen LogP contribution in [0.25, 0.3) is 0 Å². The highest BCUT2D eigenvalue weighted by Gasteiger charge is 2.09. The van der Waals surface area contributed by atoms with E-state index in [1.807, 2.05) is 12.3 Å². The van der Waals surface area contributed by atoms with Crippen molar-refractivity contribution >= 4 is 28.2 Å². The Labute approximate surface area is 95.6 Å². The number of hydrogen-bond donors (Lipinski definition) is 2. The maximum Gasteiger partial charge on any atom is 0.277 e. The van der Waals surface area contributed by atoms with E-state index in [0.29, 0.717) is 5.13 Å². The number of aryl methyl sites for hydroxylation is 1. The summed E-state index contributed by atoms with van der Waals surface area (Å²) < 4.78 is 0. The Balaban J connectivity index is 2.11. The number of thiazole rings is 1. The first kappa shape index (κ1) is 10.5. The lowest BCUT2D eigenvalue weighted by Crippen LogP contribution is -2.14. The third kappa shape index (κ3) is 2.31. The molecule has 0 aliphatic rings. The lowest BCUT2D eigenvalue weighted by Gasteiger charge is -2.00. The van der Waals surface area contributed by atoms with Crippen LogP contribution in [0.1, 0.15) is 16.2 Å². The summed E-state index contributed by atoms with van der Waals surface area (Å²) in [5.41, 5.74) is 6.44. The van der Waals surface area contributed by atoms with E-state index in [2.05, 4.69) is 20.3 Å². The number of nitrogens with zero attached hydrogens (tertiary/aromatic N) is 3. The predicted molar refractivity (Wildman–Crippen MR) is 61.2 cm³/mol. The molecule has 16 heavy (non-hydrogen) atoms. The highest BCUT2D eigenvalue weighted by Crippen LogP contribution is 2.14. The van der Waals surface area contributed by atoms with E-state index in [0.717, 1.165) is 5.69 Å². The zero-order valence-electron chi connectivity index (χ0n) is 8.47. The molecule has 2 aromatic heterocycles. The van der Waals surface area contributed by atoms with Crippen LogP contribution in [0, 0.1) is 6.92 Å². The Morgan fingerprint density at radius 2 is 2.25 bits per heavy atom. The van der Waals surface area contributed by atoms with Gasteiger partial charge in [-0.25, -0.2) is 15.0 Å². The van der Waals surface area contributed by atoms with E-state index in [4.69, 9.17) is 5.73 Å². The quantitative estimate of drug-likeness (QED) is 0.812. The van der Waals surface area contributed by atoms with Gasteiger partial charge in [0, 0.05) is 5.38 Å². The molecule has 2 heterocycles. The standard InChI is InChI=1S/C9H9N5OS/c1-5-4-16-9(13-5)14-8(15)6-2-12-7(10)3-11-6/h2-4H,1H3,(H2,10,12)(H,13,14,15). The van der Waals surface area contributed by atoms with Crippen molar-refractivity contribution in [2.45, 2.75) is 6.92 Å².